The summed E-state index contributed by atoms with van der Waals surface area (Å²) in [5.41, 5.74) is 3.04. The summed E-state index contributed by atoms with van der Waals surface area (Å²) in [5.74, 6) is 2.34. The van der Waals surface area contributed by atoms with Gasteiger partial charge in [0.2, 0.25) is 0 Å². The number of imidazole rings is 1. The van der Waals surface area contributed by atoms with Gasteiger partial charge in [-0.3, -0.25) is 0 Å². The summed E-state index contributed by atoms with van der Waals surface area (Å²) >= 11 is 6.35. The van der Waals surface area contributed by atoms with Gasteiger partial charge >= 0.3 is 0 Å². The van der Waals surface area contributed by atoms with Crippen LogP contribution in [-0.4, -0.2) is 30.2 Å². The molecule has 3 rings (SSSR count). The molecular formula is C19H22ClN3O2. The molecule has 0 aliphatic heterocycles. The van der Waals surface area contributed by atoms with Crippen LogP contribution in [0.1, 0.15) is 18.3 Å². The Labute approximate surface area is 152 Å². The van der Waals surface area contributed by atoms with Crippen LogP contribution in [0.5, 0.6) is 11.5 Å². The van der Waals surface area contributed by atoms with Gasteiger partial charge in [0.05, 0.1) is 24.8 Å². The molecule has 132 valence electrons. The summed E-state index contributed by atoms with van der Waals surface area (Å²) in [7, 11) is 1.63. The number of H-pyrrole nitrogens is 1. The third-order valence-electron chi connectivity index (χ3n) is 3.92. The summed E-state index contributed by atoms with van der Waals surface area (Å²) in [5, 5.41) is 4.06. The van der Waals surface area contributed by atoms with Crippen LogP contribution in [0.3, 0.4) is 0 Å². The SMILES string of the molecule is CCOc1cc(Cl)c(CNCCc2nc3ccccc3[nH]2)cc1OC. The Balaban J connectivity index is 1.58. The normalized spacial score (nSPS) is 11.0. The van der Waals surface area contributed by atoms with Crippen LogP contribution in [0.2, 0.25) is 5.02 Å². The number of aromatic nitrogens is 2. The highest BCUT2D eigenvalue weighted by Crippen LogP contribution is 2.33. The van der Waals surface area contributed by atoms with Crippen LogP contribution < -0.4 is 14.8 Å². The number of nitrogens with one attached hydrogen (secondary N) is 2. The van der Waals surface area contributed by atoms with E-state index >= 15 is 0 Å². The molecule has 0 spiro atoms. The lowest BCUT2D eigenvalue weighted by atomic mass is 10.2. The molecule has 25 heavy (non-hydrogen) atoms. The number of hydrogen-bond donors (Lipinski definition) is 2. The maximum atomic E-state index is 6.35. The predicted molar refractivity (Wildman–Crippen MR) is 101 cm³/mol. The van der Waals surface area contributed by atoms with Crippen molar-refractivity contribution < 1.29 is 9.47 Å². The predicted octanol–water partition coefficient (Wildman–Crippen LogP) is 3.96. The van der Waals surface area contributed by atoms with E-state index in [1.54, 1.807) is 13.2 Å². The lowest BCUT2D eigenvalue weighted by Gasteiger charge is -2.13. The van der Waals surface area contributed by atoms with Gasteiger partial charge in [0.15, 0.2) is 11.5 Å². The molecule has 0 aliphatic carbocycles. The first-order chi connectivity index (χ1) is 12.2. The zero-order chi connectivity index (χ0) is 17.6. The van der Waals surface area contributed by atoms with Crippen molar-refractivity contribution >= 4 is 22.6 Å². The Hall–Kier alpha value is -2.24. The molecule has 0 saturated heterocycles. The maximum Gasteiger partial charge on any atom is 0.162 e. The van der Waals surface area contributed by atoms with Crippen LogP contribution in [-0.2, 0) is 13.0 Å². The molecule has 0 saturated carbocycles. The van der Waals surface area contributed by atoms with E-state index in [0.717, 1.165) is 35.4 Å². The molecule has 5 nitrogen and oxygen atoms in total. The van der Waals surface area contributed by atoms with E-state index in [9.17, 15) is 0 Å². The molecule has 1 aromatic heterocycles. The summed E-state index contributed by atoms with van der Waals surface area (Å²) in [4.78, 5) is 7.91. The topological polar surface area (TPSA) is 59.2 Å². The first-order valence-corrected chi connectivity index (χ1v) is 8.72. The number of benzene rings is 2. The third-order valence-corrected chi connectivity index (χ3v) is 4.28. The van der Waals surface area contributed by atoms with Crippen LogP contribution in [0.4, 0.5) is 0 Å². The zero-order valence-corrected chi connectivity index (χ0v) is 15.2. The first-order valence-electron chi connectivity index (χ1n) is 8.34. The van der Waals surface area contributed by atoms with Gasteiger partial charge in [-0.2, -0.15) is 0 Å². The average Bonchev–Trinajstić information content (AvgIpc) is 3.03. The highest BCUT2D eigenvalue weighted by Gasteiger charge is 2.10. The minimum atomic E-state index is 0.571. The smallest absolute Gasteiger partial charge is 0.162 e. The van der Waals surface area contributed by atoms with E-state index < -0.39 is 0 Å². The van der Waals surface area contributed by atoms with Gasteiger partial charge in [0.1, 0.15) is 5.82 Å². The van der Waals surface area contributed by atoms with E-state index in [0.29, 0.717) is 29.7 Å². The van der Waals surface area contributed by atoms with Crippen molar-refractivity contribution in [3.8, 4) is 11.5 Å². The average molecular weight is 360 g/mol. The summed E-state index contributed by atoms with van der Waals surface area (Å²) in [6, 6.07) is 11.8. The van der Waals surface area contributed by atoms with Gasteiger partial charge in [-0.1, -0.05) is 23.7 Å². The lowest BCUT2D eigenvalue weighted by Crippen LogP contribution is -2.17. The van der Waals surface area contributed by atoms with Crippen molar-refractivity contribution in [2.24, 2.45) is 0 Å². The van der Waals surface area contributed by atoms with E-state index in [4.69, 9.17) is 21.1 Å². The van der Waals surface area contributed by atoms with Crippen LogP contribution >= 0.6 is 11.6 Å². The van der Waals surface area contributed by atoms with Crippen LogP contribution in [0, 0.1) is 0 Å². The highest BCUT2D eigenvalue weighted by atomic mass is 35.5. The molecule has 0 bridgehead atoms. The number of aromatic amines is 1. The van der Waals surface area contributed by atoms with Crippen molar-refractivity contribution in [1.29, 1.82) is 0 Å². The molecule has 2 aromatic carbocycles. The van der Waals surface area contributed by atoms with Crippen molar-refractivity contribution in [2.45, 2.75) is 19.9 Å². The molecule has 3 aromatic rings. The molecule has 0 radical (unpaired) electrons. The fourth-order valence-corrected chi connectivity index (χ4v) is 2.91. The van der Waals surface area contributed by atoms with Crippen LogP contribution in [0.25, 0.3) is 11.0 Å². The Kier molecular flexibility index (Phi) is 5.79. The van der Waals surface area contributed by atoms with Crippen molar-refractivity contribution in [3.05, 3.63) is 52.8 Å². The van der Waals surface area contributed by atoms with Gasteiger partial charge in [-0.25, -0.2) is 4.98 Å². The second-order valence-electron chi connectivity index (χ2n) is 5.65. The quantitative estimate of drug-likeness (QED) is 0.598. The number of ether oxygens (including phenoxy) is 2. The fraction of sp³-hybridized carbons (Fsp3) is 0.316. The van der Waals surface area contributed by atoms with E-state index in [1.807, 2.05) is 37.3 Å². The summed E-state index contributed by atoms with van der Waals surface area (Å²) in [6.07, 6.45) is 0.820. The minimum Gasteiger partial charge on any atom is -0.493 e. The minimum absolute atomic E-state index is 0.571. The molecule has 0 fully saturated rings. The molecule has 6 heteroatoms. The fourth-order valence-electron chi connectivity index (χ4n) is 2.69. The Morgan fingerprint density at radius 1 is 1.20 bits per heavy atom. The maximum absolute atomic E-state index is 6.35. The number of hydrogen-bond acceptors (Lipinski definition) is 4. The largest absolute Gasteiger partial charge is 0.493 e. The molecule has 2 N–H and O–H groups in total. The van der Waals surface area contributed by atoms with Gasteiger partial charge in [0.25, 0.3) is 0 Å². The zero-order valence-electron chi connectivity index (χ0n) is 14.4. The van der Waals surface area contributed by atoms with Crippen molar-refractivity contribution in [1.82, 2.24) is 15.3 Å². The number of nitrogens with zero attached hydrogens (tertiary/aromatic N) is 1. The van der Waals surface area contributed by atoms with Crippen molar-refractivity contribution in [3.63, 3.8) is 0 Å². The molecule has 1 heterocycles. The lowest BCUT2D eigenvalue weighted by molar-refractivity contribution is 0.310. The summed E-state index contributed by atoms with van der Waals surface area (Å²) in [6.45, 7) is 3.95. The van der Waals surface area contributed by atoms with Crippen LogP contribution in [0.15, 0.2) is 36.4 Å². The number of rotatable bonds is 8. The standard InChI is InChI=1S/C19H22ClN3O2/c1-3-25-18-11-14(20)13(10-17(18)24-2)12-21-9-8-19-22-15-6-4-5-7-16(15)23-19/h4-7,10-11,21H,3,8-9,12H2,1-2H3,(H,22,23). The monoisotopic (exact) mass is 359 g/mol. The number of methoxy groups -OCH3 is 1. The van der Waals surface area contributed by atoms with Gasteiger partial charge < -0.3 is 19.8 Å². The Bertz CT molecular complexity index is 815. The number of halogens is 1. The molecule has 0 amide bonds. The molecule has 0 aliphatic rings. The summed E-state index contributed by atoms with van der Waals surface area (Å²) < 4.78 is 10.9. The second-order valence-corrected chi connectivity index (χ2v) is 6.06. The first kappa shape index (κ1) is 17.6. The van der Waals surface area contributed by atoms with Gasteiger partial charge in [0, 0.05) is 30.6 Å². The van der Waals surface area contributed by atoms with E-state index in [-0.39, 0.29) is 0 Å². The molecule has 0 unspecified atom stereocenters. The van der Waals surface area contributed by atoms with E-state index in [1.165, 1.54) is 0 Å². The Morgan fingerprint density at radius 3 is 2.80 bits per heavy atom. The van der Waals surface area contributed by atoms with Crippen molar-refractivity contribution in [2.75, 3.05) is 20.3 Å². The Morgan fingerprint density at radius 2 is 2.04 bits per heavy atom. The second kappa shape index (κ2) is 8.23. The molecular weight excluding hydrogens is 338 g/mol. The van der Waals surface area contributed by atoms with E-state index in [2.05, 4.69) is 15.3 Å². The van der Waals surface area contributed by atoms with Gasteiger partial charge in [-0.05, 0) is 30.7 Å². The highest BCUT2D eigenvalue weighted by molar-refractivity contribution is 6.31. The molecule has 0 atom stereocenters. The van der Waals surface area contributed by atoms with Gasteiger partial charge in [-0.15, -0.1) is 0 Å². The number of fused-ring (bicyclic) bond motifs is 1. The third kappa shape index (κ3) is 4.24. The number of para-hydroxylation sites is 2.